The summed E-state index contributed by atoms with van der Waals surface area (Å²) in [6.45, 7) is 5.39. The molecule has 28 heavy (non-hydrogen) atoms. The summed E-state index contributed by atoms with van der Waals surface area (Å²) in [5.74, 6) is -0.460. The molecule has 5 nitrogen and oxygen atoms in total. The first-order chi connectivity index (χ1) is 12.6. The second-order valence-electron chi connectivity index (χ2n) is 9.08. The Morgan fingerprint density at radius 2 is 1.75 bits per heavy atom. The zero-order valence-corrected chi connectivity index (χ0v) is 17.6. The molecule has 2 atom stereocenters. The van der Waals surface area contributed by atoms with E-state index in [1.165, 1.54) is 18.2 Å². The second kappa shape index (κ2) is 8.78. The van der Waals surface area contributed by atoms with Crippen LogP contribution in [0.2, 0.25) is 0 Å². The van der Waals surface area contributed by atoms with Gasteiger partial charge in [0.25, 0.3) is 5.91 Å². The zero-order valence-electron chi connectivity index (χ0n) is 16.8. The minimum Gasteiger partial charge on any atom is -0.349 e. The molecule has 0 heterocycles. The van der Waals surface area contributed by atoms with Gasteiger partial charge in [0, 0.05) is 23.2 Å². The van der Waals surface area contributed by atoms with Crippen LogP contribution in [-0.4, -0.2) is 23.9 Å². The van der Waals surface area contributed by atoms with Gasteiger partial charge in [-0.2, -0.15) is 0 Å². The number of hydrogen-bond acceptors (Lipinski definition) is 3. The Morgan fingerprint density at radius 1 is 1.14 bits per heavy atom. The Labute approximate surface area is 172 Å². The van der Waals surface area contributed by atoms with Crippen molar-refractivity contribution in [3.8, 4) is 0 Å². The monoisotopic (exact) mass is 411 g/mol. The third-order valence-electron chi connectivity index (χ3n) is 5.82. The van der Waals surface area contributed by atoms with Crippen molar-refractivity contribution in [1.82, 2.24) is 5.32 Å². The van der Waals surface area contributed by atoms with Gasteiger partial charge in [-0.1, -0.05) is 27.2 Å². The van der Waals surface area contributed by atoms with E-state index >= 15 is 0 Å². The number of amides is 2. The molecular formula is C21H31ClFN3O2. The molecule has 2 saturated carbocycles. The largest absolute Gasteiger partial charge is 0.349 e. The van der Waals surface area contributed by atoms with Crippen LogP contribution in [0.3, 0.4) is 0 Å². The lowest BCUT2D eigenvalue weighted by molar-refractivity contribution is -0.123. The van der Waals surface area contributed by atoms with Crippen LogP contribution < -0.4 is 16.4 Å². The number of fused-ring (bicyclic) bond motifs is 2. The first kappa shape index (κ1) is 22.6. The van der Waals surface area contributed by atoms with Gasteiger partial charge in [-0.3, -0.25) is 9.59 Å². The van der Waals surface area contributed by atoms with Crippen LogP contribution in [0, 0.1) is 23.1 Å². The fraction of sp³-hybridized carbons (Fsp3) is 0.619. The van der Waals surface area contributed by atoms with Gasteiger partial charge in [0.2, 0.25) is 5.91 Å². The van der Waals surface area contributed by atoms with E-state index in [2.05, 4.69) is 10.6 Å². The number of benzene rings is 1. The highest BCUT2D eigenvalue weighted by Crippen LogP contribution is 2.39. The molecule has 1 aromatic rings. The molecule has 0 saturated heterocycles. The van der Waals surface area contributed by atoms with Crippen molar-refractivity contribution in [3.63, 3.8) is 0 Å². The molecule has 2 aliphatic rings. The van der Waals surface area contributed by atoms with Crippen LogP contribution in [0.4, 0.5) is 10.1 Å². The summed E-state index contributed by atoms with van der Waals surface area (Å²) in [5, 5.41) is 5.81. The van der Waals surface area contributed by atoms with E-state index in [-0.39, 0.29) is 36.0 Å². The van der Waals surface area contributed by atoms with Crippen LogP contribution in [0.15, 0.2) is 18.2 Å². The number of anilines is 1. The second-order valence-corrected chi connectivity index (χ2v) is 9.08. The molecular weight excluding hydrogens is 381 g/mol. The first-order valence-electron chi connectivity index (χ1n) is 9.82. The van der Waals surface area contributed by atoms with Gasteiger partial charge in [0.15, 0.2) is 0 Å². The van der Waals surface area contributed by atoms with Crippen molar-refractivity contribution < 1.29 is 14.0 Å². The fourth-order valence-electron chi connectivity index (χ4n) is 4.35. The molecule has 2 fully saturated rings. The Kier molecular flexibility index (Phi) is 7.10. The summed E-state index contributed by atoms with van der Waals surface area (Å²) >= 11 is 0. The topological polar surface area (TPSA) is 84.2 Å². The average molecular weight is 412 g/mol. The quantitative estimate of drug-likeness (QED) is 0.705. The number of carbonyl (C=O) groups excluding carboxylic acids is 2. The van der Waals surface area contributed by atoms with Crippen LogP contribution in [0.1, 0.15) is 63.2 Å². The molecule has 4 N–H and O–H groups in total. The van der Waals surface area contributed by atoms with Gasteiger partial charge in [-0.25, -0.2) is 4.39 Å². The predicted molar refractivity (Wildman–Crippen MR) is 111 cm³/mol. The molecule has 0 spiro atoms. The molecule has 2 amide bonds. The van der Waals surface area contributed by atoms with Gasteiger partial charge in [-0.15, -0.1) is 12.4 Å². The normalized spacial score (nSPS) is 26.8. The SMILES string of the molecule is CC(C)(C)C(=O)Nc1ccc(F)c(C(=O)NC2C3CCCC2CC(N)C3)c1.Cl. The van der Waals surface area contributed by atoms with Crippen molar-refractivity contribution >= 4 is 29.9 Å². The molecule has 7 heteroatoms. The number of halogens is 2. The predicted octanol–water partition coefficient (Wildman–Crippen LogP) is 3.87. The minimum atomic E-state index is -0.584. The Hall–Kier alpha value is -1.66. The maximum Gasteiger partial charge on any atom is 0.254 e. The molecule has 0 radical (unpaired) electrons. The lowest BCUT2D eigenvalue weighted by atomic mass is 9.67. The highest BCUT2D eigenvalue weighted by atomic mass is 35.5. The first-order valence-corrected chi connectivity index (χ1v) is 9.82. The summed E-state index contributed by atoms with van der Waals surface area (Å²) in [6, 6.07) is 4.37. The van der Waals surface area contributed by atoms with E-state index < -0.39 is 17.1 Å². The molecule has 156 valence electrons. The van der Waals surface area contributed by atoms with Crippen LogP contribution in [0.25, 0.3) is 0 Å². The lowest BCUT2D eigenvalue weighted by Gasteiger charge is -2.45. The Morgan fingerprint density at radius 3 is 2.32 bits per heavy atom. The van der Waals surface area contributed by atoms with E-state index in [1.54, 1.807) is 20.8 Å². The standard InChI is InChI=1S/C21H30FN3O2.ClH/c1-21(2,3)20(27)24-15-7-8-17(22)16(11-15)19(26)25-18-12-5-4-6-13(18)10-14(23)9-12;/h7-8,11-14,18H,4-6,9-10,23H2,1-3H3,(H,24,27)(H,25,26);1H. The van der Waals surface area contributed by atoms with E-state index in [9.17, 15) is 14.0 Å². The summed E-state index contributed by atoms with van der Waals surface area (Å²) in [5.41, 5.74) is 5.96. The maximum absolute atomic E-state index is 14.3. The number of nitrogens with one attached hydrogen (secondary N) is 2. The molecule has 1 aromatic carbocycles. The number of rotatable bonds is 3. The molecule has 3 rings (SSSR count). The number of carbonyl (C=O) groups is 2. The number of nitrogens with two attached hydrogens (primary N) is 1. The number of hydrogen-bond donors (Lipinski definition) is 3. The molecule has 0 aromatic heterocycles. The van der Waals surface area contributed by atoms with E-state index in [4.69, 9.17) is 5.73 Å². The summed E-state index contributed by atoms with van der Waals surface area (Å²) in [4.78, 5) is 24.9. The molecule has 2 unspecified atom stereocenters. The fourth-order valence-corrected chi connectivity index (χ4v) is 4.35. The molecule has 2 aliphatic carbocycles. The highest BCUT2D eigenvalue weighted by molar-refractivity contribution is 5.98. The van der Waals surface area contributed by atoms with Crippen LogP contribution >= 0.6 is 12.4 Å². The summed E-state index contributed by atoms with van der Waals surface area (Å²) < 4.78 is 14.3. The van der Waals surface area contributed by atoms with E-state index in [0.29, 0.717) is 17.5 Å². The van der Waals surface area contributed by atoms with Gasteiger partial charge in [-0.05, 0) is 55.7 Å². The van der Waals surface area contributed by atoms with E-state index in [1.807, 2.05) is 0 Å². The zero-order chi connectivity index (χ0) is 19.8. The Balaban J connectivity index is 0.00000280. The van der Waals surface area contributed by atoms with Gasteiger partial charge in [0.1, 0.15) is 5.82 Å². The van der Waals surface area contributed by atoms with Gasteiger partial charge < -0.3 is 16.4 Å². The van der Waals surface area contributed by atoms with Crippen molar-refractivity contribution in [1.29, 1.82) is 0 Å². The highest BCUT2D eigenvalue weighted by Gasteiger charge is 2.40. The van der Waals surface area contributed by atoms with Gasteiger partial charge >= 0.3 is 0 Å². The van der Waals surface area contributed by atoms with Crippen molar-refractivity contribution in [2.45, 2.75) is 65.0 Å². The average Bonchev–Trinajstić information content (AvgIpc) is 2.56. The van der Waals surface area contributed by atoms with E-state index in [0.717, 1.165) is 32.1 Å². The molecule has 0 aliphatic heterocycles. The smallest absolute Gasteiger partial charge is 0.254 e. The van der Waals surface area contributed by atoms with Crippen molar-refractivity contribution in [2.24, 2.45) is 23.0 Å². The minimum absolute atomic E-state index is 0. The molecule has 2 bridgehead atoms. The van der Waals surface area contributed by atoms with Gasteiger partial charge in [0.05, 0.1) is 5.56 Å². The maximum atomic E-state index is 14.3. The lowest BCUT2D eigenvalue weighted by Crippen LogP contribution is -2.53. The summed E-state index contributed by atoms with van der Waals surface area (Å²) in [6.07, 6.45) is 5.09. The Bertz CT molecular complexity index is 721. The third kappa shape index (κ3) is 5.03. The summed E-state index contributed by atoms with van der Waals surface area (Å²) in [7, 11) is 0. The van der Waals surface area contributed by atoms with Crippen LogP contribution in [-0.2, 0) is 4.79 Å². The van der Waals surface area contributed by atoms with Crippen molar-refractivity contribution in [2.75, 3.05) is 5.32 Å². The third-order valence-corrected chi connectivity index (χ3v) is 5.82. The van der Waals surface area contributed by atoms with Crippen LogP contribution in [0.5, 0.6) is 0 Å². The van der Waals surface area contributed by atoms with Crippen molar-refractivity contribution in [3.05, 3.63) is 29.6 Å².